The number of nitrogens with one attached hydrogen (secondary N) is 1. The van der Waals surface area contributed by atoms with Gasteiger partial charge in [0.15, 0.2) is 0 Å². The molecule has 0 aliphatic carbocycles. The van der Waals surface area contributed by atoms with Crippen LogP contribution in [0.15, 0.2) is 36.5 Å². The number of methoxy groups -OCH3 is 1. The third-order valence-corrected chi connectivity index (χ3v) is 3.30. The summed E-state index contributed by atoms with van der Waals surface area (Å²) < 4.78 is 4.67. The van der Waals surface area contributed by atoms with E-state index < -0.39 is 0 Å². The van der Waals surface area contributed by atoms with Gasteiger partial charge in [-0.3, -0.25) is 9.78 Å². The molecule has 1 aromatic carbocycles. The van der Waals surface area contributed by atoms with E-state index in [1.54, 1.807) is 6.20 Å². The SMILES string of the molecule is COC(=O)CCc1nccc2c1[nH]c1ccccc12. The van der Waals surface area contributed by atoms with Crippen molar-refractivity contribution in [2.75, 3.05) is 7.11 Å². The molecule has 19 heavy (non-hydrogen) atoms. The number of nitrogens with zero attached hydrogens (tertiary/aromatic N) is 1. The van der Waals surface area contributed by atoms with Crippen LogP contribution in [-0.2, 0) is 16.0 Å². The topological polar surface area (TPSA) is 55.0 Å². The van der Waals surface area contributed by atoms with Crippen molar-refractivity contribution >= 4 is 27.8 Å². The van der Waals surface area contributed by atoms with E-state index in [1.807, 2.05) is 24.3 Å². The number of rotatable bonds is 3. The number of H-pyrrole nitrogens is 1. The number of carbonyl (C=O) groups is 1. The van der Waals surface area contributed by atoms with Crippen LogP contribution < -0.4 is 0 Å². The molecule has 0 fully saturated rings. The molecule has 0 aliphatic rings. The Labute approximate surface area is 110 Å². The van der Waals surface area contributed by atoms with Gasteiger partial charge in [-0.25, -0.2) is 0 Å². The van der Waals surface area contributed by atoms with Crippen molar-refractivity contribution in [2.45, 2.75) is 12.8 Å². The molecule has 0 saturated carbocycles. The first-order chi connectivity index (χ1) is 9.29. The number of esters is 1. The third-order valence-electron chi connectivity index (χ3n) is 3.30. The summed E-state index contributed by atoms with van der Waals surface area (Å²) in [6.07, 6.45) is 2.71. The molecule has 0 saturated heterocycles. The Bertz CT molecular complexity index is 746. The van der Waals surface area contributed by atoms with Gasteiger partial charge in [-0.05, 0) is 12.1 Å². The number of pyridine rings is 1. The molecular weight excluding hydrogens is 240 g/mol. The number of aryl methyl sites for hydroxylation is 1. The number of hydrogen-bond donors (Lipinski definition) is 1. The lowest BCUT2D eigenvalue weighted by Gasteiger charge is -2.01. The molecule has 2 heterocycles. The maximum absolute atomic E-state index is 11.2. The Kier molecular flexibility index (Phi) is 2.91. The molecule has 1 N–H and O–H groups in total. The van der Waals surface area contributed by atoms with Crippen molar-refractivity contribution in [1.29, 1.82) is 0 Å². The molecule has 0 spiro atoms. The largest absolute Gasteiger partial charge is 0.469 e. The van der Waals surface area contributed by atoms with Crippen LogP contribution in [0, 0.1) is 0 Å². The summed E-state index contributed by atoms with van der Waals surface area (Å²) in [6, 6.07) is 10.1. The van der Waals surface area contributed by atoms with E-state index in [2.05, 4.69) is 20.8 Å². The minimum absolute atomic E-state index is 0.213. The molecule has 3 rings (SSSR count). The zero-order valence-corrected chi connectivity index (χ0v) is 10.6. The first-order valence-corrected chi connectivity index (χ1v) is 6.20. The van der Waals surface area contributed by atoms with Gasteiger partial charge in [0.2, 0.25) is 0 Å². The lowest BCUT2D eigenvalue weighted by Crippen LogP contribution is -2.03. The first kappa shape index (κ1) is 11.7. The van der Waals surface area contributed by atoms with E-state index in [9.17, 15) is 4.79 Å². The predicted molar refractivity (Wildman–Crippen MR) is 73.9 cm³/mol. The Hall–Kier alpha value is -2.36. The van der Waals surface area contributed by atoms with Crippen LogP contribution in [0.4, 0.5) is 0 Å². The number of ether oxygens (including phenoxy) is 1. The molecule has 0 radical (unpaired) electrons. The maximum Gasteiger partial charge on any atom is 0.305 e. The summed E-state index contributed by atoms with van der Waals surface area (Å²) in [6.45, 7) is 0. The average molecular weight is 254 g/mol. The fourth-order valence-electron chi connectivity index (χ4n) is 2.34. The van der Waals surface area contributed by atoms with Crippen LogP contribution in [0.5, 0.6) is 0 Å². The second-order valence-electron chi connectivity index (χ2n) is 4.43. The van der Waals surface area contributed by atoms with Gasteiger partial charge in [-0.1, -0.05) is 18.2 Å². The zero-order chi connectivity index (χ0) is 13.2. The molecule has 0 amide bonds. The number of carbonyl (C=O) groups excluding carboxylic acids is 1. The fourth-order valence-corrected chi connectivity index (χ4v) is 2.34. The zero-order valence-electron chi connectivity index (χ0n) is 10.6. The molecule has 0 atom stereocenters. The number of fused-ring (bicyclic) bond motifs is 3. The standard InChI is InChI=1S/C15H14N2O2/c1-19-14(18)7-6-13-15-11(8-9-16-13)10-4-2-3-5-12(10)17-15/h2-5,8-9,17H,6-7H2,1H3. The lowest BCUT2D eigenvalue weighted by molar-refractivity contribution is -0.140. The Morgan fingerprint density at radius 3 is 2.95 bits per heavy atom. The highest BCUT2D eigenvalue weighted by Crippen LogP contribution is 2.26. The molecule has 4 heteroatoms. The smallest absolute Gasteiger partial charge is 0.305 e. The van der Waals surface area contributed by atoms with Gasteiger partial charge in [0, 0.05) is 28.9 Å². The van der Waals surface area contributed by atoms with Crippen LogP contribution in [-0.4, -0.2) is 23.0 Å². The van der Waals surface area contributed by atoms with Gasteiger partial charge in [0.1, 0.15) is 0 Å². The second kappa shape index (κ2) is 4.72. The van der Waals surface area contributed by atoms with Crippen LogP contribution in [0.25, 0.3) is 21.8 Å². The Balaban J connectivity index is 2.07. The highest BCUT2D eigenvalue weighted by Gasteiger charge is 2.10. The summed E-state index contributed by atoms with van der Waals surface area (Å²) in [5.74, 6) is -0.213. The van der Waals surface area contributed by atoms with Crippen LogP contribution in [0.2, 0.25) is 0 Å². The lowest BCUT2D eigenvalue weighted by atomic mass is 10.1. The minimum Gasteiger partial charge on any atom is -0.469 e. The van der Waals surface area contributed by atoms with Crippen LogP contribution in [0.1, 0.15) is 12.1 Å². The predicted octanol–water partition coefficient (Wildman–Crippen LogP) is 2.82. The van der Waals surface area contributed by atoms with Crippen molar-refractivity contribution in [1.82, 2.24) is 9.97 Å². The normalized spacial score (nSPS) is 11.0. The molecule has 0 bridgehead atoms. The monoisotopic (exact) mass is 254 g/mol. The second-order valence-corrected chi connectivity index (χ2v) is 4.43. The maximum atomic E-state index is 11.2. The van der Waals surface area contributed by atoms with E-state index >= 15 is 0 Å². The highest BCUT2D eigenvalue weighted by molar-refractivity contribution is 6.07. The van der Waals surface area contributed by atoms with E-state index in [4.69, 9.17) is 0 Å². The van der Waals surface area contributed by atoms with E-state index in [1.165, 1.54) is 12.5 Å². The van der Waals surface area contributed by atoms with Crippen molar-refractivity contribution in [3.63, 3.8) is 0 Å². The molecule has 2 aromatic heterocycles. The summed E-state index contributed by atoms with van der Waals surface area (Å²) in [7, 11) is 1.40. The highest BCUT2D eigenvalue weighted by atomic mass is 16.5. The van der Waals surface area contributed by atoms with Crippen molar-refractivity contribution in [3.8, 4) is 0 Å². The van der Waals surface area contributed by atoms with Crippen molar-refractivity contribution in [2.24, 2.45) is 0 Å². The Morgan fingerprint density at radius 2 is 2.11 bits per heavy atom. The first-order valence-electron chi connectivity index (χ1n) is 6.20. The van der Waals surface area contributed by atoms with Gasteiger partial charge in [-0.2, -0.15) is 0 Å². The number of aromatic amines is 1. The van der Waals surface area contributed by atoms with E-state index in [0.29, 0.717) is 12.8 Å². The van der Waals surface area contributed by atoms with Crippen molar-refractivity contribution < 1.29 is 9.53 Å². The summed E-state index contributed by atoms with van der Waals surface area (Å²) >= 11 is 0. The molecule has 4 nitrogen and oxygen atoms in total. The van der Waals surface area contributed by atoms with E-state index in [-0.39, 0.29) is 5.97 Å². The van der Waals surface area contributed by atoms with Gasteiger partial charge in [0.05, 0.1) is 24.7 Å². The summed E-state index contributed by atoms with van der Waals surface area (Å²) in [5, 5.41) is 2.32. The number of benzene rings is 1. The molecule has 96 valence electrons. The van der Waals surface area contributed by atoms with Gasteiger partial charge in [0.25, 0.3) is 0 Å². The molecule has 0 aliphatic heterocycles. The average Bonchev–Trinajstić information content (AvgIpc) is 2.84. The fraction of sp³-hybridized carbons (Fsp3) is 0.200. The molecule has 3 aromatic rings. The molecule has 0 unspecified atom stereocenters. The van der Waals surface area contributed by atoms with Gasteiger partial charge < -0.3 is 9.72 Å². The van der Waals surface area contributed by atoms with Gasteiger partial charge in [-0.15, -0.1) is 0 Å². The molecular formula is C15H14N2O2. The van der Waals surface area contributed by atoms with Crippen molar-refractivity contribution in [3.05, 3.63) is 42.2 Å². The summed E-state index contributed by atoms with van der Waals surface area (Å²) in [5.41, 5.74) is 3.00. The van der Waals surface area contributed by atoms with Gasteiger partial charge >= 0.3 is 5.97 Å². The quantitative estimate of drug-likeness (QED) is 0.731. The minimum atomic E-state index is -0.213. The third kappa shape index (κ3) is 2.05. The van der Waals surface area contributed by atoms with Crippen LogP contribution >= 0.6 is 0 Å². The number of hydrogen-bond acceptors (Lipinski definition) is 3. The number of aromatic nitrogens is 2. The summed E-state index contributed by atoms with van der Waals surface area (Å²) in [4.78, 5) is 19.0. The van der Waals surface area contributed by atoms with E-state index in [0.717, 1.165) is 22.1 Å². The number of para-hydroxylation sites is 1. The Morgan fingerprint density at radius 1 is 1.26 bits per heavy atom. The van der Waals surface area contributed by atoms with Crippen LogP contribution in [0.3, 0.4) is 0 Å².